The van der Waals surface area contributed by atoms with Gasteiger partial charge in [-0.1, -0.05) is 150 Å². The third-order valence-electron chi connectivity index (χ3n) is 11.4. The van der Waals surface area contributed by atoms with Gasteiger partial charge >= 0.3 is 16.5 Å². The van der Waals surface area contributed by atoms with E-state index in [1.807, 2.05) is 30.3 Å². The minimum atomic E-state index is -0.000899. The van der Waals surface area contributed by atoms with Crippen molar-refractivity contribution in [1.29, 1.82) is 0 Å². The predicted molar refractivity (Wildman–Crippen MR) is 239 cm³/mol. The molecule has 0 fully saturated rings. The molecule has 3 aromatic heterocycles. The Morgan fingerprint density at radius 1 is 0.492 bits per heavy atom. The number of nitrogens with zero attached hydrogens (tertiary/aromatic N) is 4. The molecule has 0 N–H and O–H groups in total. The molecule has 10 rings (SSSR count). The summed E-state index contributed by atoms with van der Waals surface area (Å²) >= 11 is 0. The van der Waals surface area contributed by atoms with Crippen LogP contribution >= 0.6 is 0 Å². The molecule has 0 amide bonds. The Balaban J connectivity index is 0.00000449. The van der Waals surface area contributed by atoms with Crippen molar-refractivity contribution in [2.24, 2.45) is 5.92 Å². The molecule has 2 aliphatic heterocycles. The first-order chi connectivity index (χ1) is 28.3. The number of benzene rings is 4. The smallest absolute Gasteiger partial charge is 0.657 e. The molecule has 0 saturated carbocycles. The molecule has 0 radical (unpaired) electrons. The zero-order chi connectivity index (χ0) is 39.3. The number of rotatable bonds is 6. The Bertz CT molecular complexity index is 2980. The summed E-state index contributed by atoms with van der Waals surface area (Å²) in [4.78, 5) is 35.1. The van der Waals surface area contributed by atoms with Crippen LogP contribution in [0.5, 0.6) is 0 Å². The van der Waals surface area contributed by atoms with Gasteiger partial charge in [-0.25, -0.2) is 9.97 Å². The second-order valence-corrected chi connectivity index (χ2v) is 15.6. The van der Waals surface area contributed by atoms with E-state index >= 15 is 0 Å². The van der Waals surface area contributed by atoms with Crippen LogP contribution in [0, 0.1) is 26.7 Å². The molecule has 8 bridgehead atoms. The number of ketones is 1. The summed E-state index contributed by atoms with van der Waals surface area (Å²) < 4.78 is 0. The summed E-state index contributed by atoms with van der Waals surface area (Å²) in [6, 6.07) is 44.1. The molecule has 59 heavy (non-hydrogen) atoms. The second-order valence-electron chi connectivity index (χ2n) is 15.6. The van der Waals surface area contributed by atoms with E-state index in [4.69, 9.17) is 19.9 Å². The van der Waals surface area contributed by atoms with Gasteiger partial charge in [0, 0.05) is 12.0 Å². The summed E-state index contributed by atoms with van der Waals surface area (Å²) in [6.07, 6.45) is 11.6. The molecule has 288 valence electrons. The maximum atomic E-state index is 13.5. The van der Waals surface area contributed by atoms with Crippen molar-refractivity contribution in [3.05, 3.63) is 184 Å². The van der Waals surface area contributed by atoms with Gasteiger partial charge in [0.1, 0.15) is 0 Å². The summed E-state index contributed by atoms with van der Waals surface area (Å²) in [6.45, 7) is 6.31. The molecule has 4 aromatic carbocycles. The first-order valence-corrected chi connectivity index (χ1v) is 19.9. The van der Waals surface area contributed by atoms with Crippen molar-refractivity contribution in [2.75, 3.05) is 0 Å². The van der Waals surface area contributed by atoms with E-state index in [9.17, 15) is 4.79 Å². The maximum Gasteiger partial charge on any atom is 2.00 e. The van der Waals surface area contributed by atoms with Crippen molar-refractivity contribution in [1.82, 2.24) is 19.9 Å². The summed E-state index contributed by atoms with van der Waals surface area (Å²) in [5, 5.41) is 0. The minimum Gasteiger partial charge on any atom is -0.657 e. The number of hydrogen-bond acceptors (Lipinski definition) is 3. The van der Waals surface area contributed by atoms with Gasteiger partial charge in [0.25, 0.3) is 0 Å². The van der Waals surface area contributed by atoms with Crippen LogP contribution in [0.2, 0.25) is 0 Å². The predicted octanol–water partition coefficient (Wildman–Crippen LogP) is 12.1. The Kier molecular flexibility index (Phi) is 10.0. The van der Waals surface area contributed by atoms with Crippen molar-refractivity contribution in [3.8, 4) is 33.4 Å². The average Bonchev–Trinajstić information content (AvgIpc) is 4.10. The molecule has 5 heterocycles. The number of allylic oxidation sites excluding steroid dienone is 2. The fourth-order valence-corrected chi connectivity index (χ4v) is 8.41. The number of hydrogen-bond donors (Lipinski definition) is 0. The van der Waals surface area contributed by atoms with Crippen molar-refractivity contribution in [2.45, 2.75) is 33.6 Å². The first kappa shape index (κ1) is 37.9. The van der Waals surface area contributed by atoms with Crippen LogP contribution in [0.15, 0.2) is 133 Å². The van der Waals surface area contributed by atoms with E-state index in [1.165, 1.54) is 16.7 Å². The standard InChI is InChI=1S/C53H40N4O.Ni/c1-32-9-15-37(16-10-32)51-44-23-21-42(54-44)41(30-35-29-40(50(58)31-35)36-7-5-4-6-8-36)43-22-24-45(55-43)52(38-17-11-33(2)12-18-38)47-26-28-49(57-47)53(48-27-25-46(51)56-48)39-19-13-34(3)14-20-39;/h4-29,35H,30-31H2,1-3H3;/q-2;+2. The summed E-state index contributed by atoms with van der Waals surface area (Å²) in [7, 11) is 0. The minimum absolute atomic E-state index is 0. The topological polar surface area (TPSA) is 71.1 Å². The monoisotopic (exact) mass is 806 g/mol. The van der Waals surface area contributed by atoms with Crippen LogP contribution in [0.4, 0.5) is 0 Å². The van der Waals surface area contributed by atoms with Crippen LogP contribution < -0.4 is 9.97 Å². The normalized spacial score (nSPS) is 14.4. The van der Waals surface area contributed by atoms with Crippen LogP contribution in [0.3, 0.4) is 0 Å². The quantitative estimate of drug-likeness (QED) is 0.157. The van der Waals surface area contributed by atoms with Gasteiger partial charge in [0.05, 0.1) is 22.8 Å². The summed E-state index contributed by atoms with van der Waals surface area (Å²) in [5.41, 5.74) is 19.0. The van der Waals surface area contributed by atoms with Crippen LogP contribution in [0.1, 0.15) is 57.0 Å². The number of Topliss-reactive ketones (excluding diaryl/α,β-unsaturated/α-hetero) is 1. The number of carbonyl (C=O) groups excluding carboxylic acids is 1. The van der Waals surface area contributed by atoms with Gasteiger partial charge in [0.15, 0.2) is 5.78 Å². The van der Waals surface area contributed by atoms with Gasteiger partial charge in [-0.05, 0) is 102 Å². The van der Waals surface area contributed by atoms with Gasteiger partial charge < -0.3 is 9.97 Å². The number of aromatic nitrogens is 4. The fraction of sp³-hybridized carbons (Fsp3) is 0.113. The third-order valence-corrected chi connectivity index (χ3v) is 11.4. The molecule has 3 aliphatic rings. The van der Waals surface area contributed by atoms with E-state index in [0.717, 1.165) is 94.9 Å². The van der Waals surface area contributed by atoms with E-state index in [-0.39, 0.29) is 28.2 Å². The van der Waals surface area contributed by atoms with Crippen LogP contribution in [-0.4, -0.2) is 15.8 Å². The Hall–Kier alpha value is -6.62. The molecule has 7 aromatic rings. The van der Waals surface area contributed by atoms with E-state index < -0.39 is 0 Å². The zero-order valence-corrected chi connectivity index (χ0v) is 34.0. The maximum absolute atomic E-state index is 13.5. The Morgan fingerprint density at radius 3 is 1.37 bits per heavy atom. The molecular formula is C53H40N4NiO. The zero-order valence-electron chi connectivity index (χ0n) is 33.0. The van der Waals surface area contributed by atoms with E-state index in [1.54, 1.807) is 0 Å². The Morgan fingerprint density at radius 2 is 0.898 bits per heavy atom. The SMILES string of the molecule is Cc1ccc(-c2c3nc(c(-c4ccc(C)cc4)c4ccc([n-]4)c(-c4ccc(C)cc4)c4nc(c(CC5C=C(c6ccccc6)C(=O)C5)c5ccc2[n-]5)C=C4)C=C3)cc1.[Ni+2]. The molecule has 0 spiro atoms. The number of carbonyl (C=O) groups is 1. The van der Waals surface area contributed by atoms with Gasteiger partial charge in [-0.3, -0.25) is 4.79 Å². The van der Waals surface area contributed by atoms with Crippen LogP contribution in [0.25, 0.3) is 85.3 Å². The first-order valence-electron chi connectivity index (χ1n) is 19.9. The molecule has 1 aliphatic carbocycles. The molecular weight excluding hydrogens is 767 g/mol. The van der Waals surface area contributed by atoms with Gasteiger partial charge in [-0.15, -0.1) is 22.1 Å². The van der Waals surface area contributed by atoms with Crippen LogP contribution in [-0.2, 0) is 27.7 Å². The van der Waals surface area contributed by atoms with E-state index in [2.05, 4.69) is 148 Å². The van der Waals surface area contributed by atoms with Crippen molar-refractivity contribution >= 4 is 57.7 Å². The molecule has 1 unspecified atom stereocenters. The fourth-order valence-electron chi connectivity index (χ4n) is 8.41. The number of aryl methyl sites for hydroxylation is 3. The molecule has 6 heteroatoms. The second kappa shape index (κ2) is 15.6. The van der Waals surface area contributed by atoms with Crippen molar-refractivity contribution < 1.29 is 21.3 Å². The largest absolute Gasteiger partial charge is 2.00 e. The van der Waals surface area contributed by atoms with Crippen molar-refractivity contribution in [3.63, 3.8) is 0 Å². The third kappa shape index (κ3) is 7.26. The average molecular weight is 808 g/mol. The van der Waals surface area contributed by atoms with E-state index in [0.29, 0.717) is 12.8 Å². The molecule has 1 atom stereocenters. The van der Waals surface area contributed by atoms with Gasteiger partial charge in [0.2, 0.25) is 0 Å². The number of fused-ring (bicyclic) bond motifs is 8. The summed E-state index contributed by atoms with van der Waals surface area (Å²) in [5.74, 6) is 0.166. The van der Waals surface area contributed by atoms with Gasteiger partial charge in [-0.2, -0.15) is 0 Å². The molecule has 5 nitrogen and oxygen atoms in total. The Labute approximate surface area is 354 Å². The molecule has 0 saturated heterocycles.